The second-order valence-corrected chi connectivity index (χ2v) is 8.02. The van der Waals surface area contributed by atoms with E-state index >= 15 is 0 Å². The molecule has 0 aliphatic heterocycles. The number of benzene rings is 3. The maximum absolute atomic E-state index is 13.0. The van der Waals surface area contributed by atoms with Crippen molar-refractivity contribution in [3.05, 3.63) is 102 Å². The molecule has 0 saturated carbocycles. The minimum Gasteiger partial charge on any atom is -0.209 e. The smallest absolute Gasteiger partial charge is 0.209 e. The van der Waals surface area contributed by atoms with Crippen molar-refractivity contribution < 1.29 is 8.42 Å². The normalized spacial score (nSPS) is 13.7. The van der Waals surface area contributed by atoms with Crippen molar-refractivity contribution in [2.75, 3.05) is 0 Å². The first kappa shape index (κ1) is 18.9. The third-order valence-electron chi connectivity index (χ3n) is 4.37. The fourth-order valence-electron chi connectivity index (χ4n) is 2.92. The molecule has 0 aromatic heterocycles. The summed E-state index contributed by atoms with van der Waals surface area (Å²) in [7, 11) is -3.78. The standard InChI is InChI=1S/C21H21N3O2S/c1-16-12-14-19(15-13-16)27(25,26)24-21(18-10-6-3-7-11-18)20(23-22)17-8-4-2-5-9-17/h2-15,20-22,24H,1H3/t20-,21-/m1/s1. The van der Waals surface area contributed by atoms with Crippen LogP contribution >= 0.6 is 0 Å². The first-order chi connectivity index (χ1) is 13.0. The molecule has 0 spiro atoms. The Kier molecular flexibility index (Phi) is 5.78. The first-order valence-corrected chi connectivity index (χ1v) is 10.0. The van der Waals surface area contributed by atoms with Gasteiger partial charge >= 0.3 is 0 Å². The SMILES string of the molecule is Cc1ccc(S(=O)(=O)N[C@H](c2ccccc2)[C@H](N=N)c2ccccc2)cc1. The van der Waals surface area contributed by atoms with Crippen molar-refractivity contribution >= 4 is 10.0 Å². The van der Waals surface area contributed by atoms with Gasteiger partial charge in [0.1, 0.15) is 6.04 Å². The Hall–Kier alpha value is -2.83. The number of nitrogens with one attached hydrogen (secondary N) is 2. The highest BCUT2D eigenvalue weighted by molar-refractivity contribution is 7.89. The number of hydrogen-bond acceptors (Lipinski definition) is 4. The van der Waals surface area contributed by atoms with Gasteiger partial charge in [0.15, 0.2) is 0 Å². The quantitative estimate of drug-likeness (QED) is 0.579. The molecule has 0 saturated heterocycles. The summed E-state index contributed by atoms with van der Waals surface area (Å²) in [4.78, 5) is 0.186. The molecule has 138 valence electrons. The predicted octanol–water partition coefficient (Wildman–Crippen LogP) is 4.79. The summed E-state index contributed by atoms with van der Waals surface area (Å²) in [6.07, 6.45) is 0. The van der Waals surface area contributed by atoms with Crippen LogP contribution in [-0.4, -0.2) is 8.42 Å². The lowest BCUT2D eigenvalue weighted by Crippen LogP contribution is -2.32. The van der Waals surface area contributed by atoms with E-state index in [-0.39, 0.29) is 4.90 Å². The summed E-state index contributed by atoms with van der Waals surface area (Å²) in [5.74, 6) is 0. The van der Waals surface area contributed by atoms with Crippen molar-refractivity contribution in [2.45, 2.75) is 23.9 Å². The Labute approximate surface area is 159 Å². The van der Waals surface area contributed by atoms with Gasteiger partial charge in [-0.25, -0.2) is 18.7 Å². The molecule has 0 aliphatic rings. The summed E-state index contributed by atoms with van der Waals surface area (Å²) < 4.78 is 28.7. The number of hydrogen-bond donors (Lipinski definition) is 2. The average Bonchev–Trinajstić information content (AvgIpc) is 2.69. The van der Waals surface area contributed by atoms with Crippen molar-refractivity contribution in [1.29, 1.82) is 5.53 Å². The molecule has 0 radical (unpaired) electrons. The fourth-order valence-corrected chi connectivity index (χ4v) is 4.15. The molecule has 27 heavy (non-hydrogen) atoms. The zero-order valence-corrected chi connectivity index (χ0v) is 15.7. The Morgan fingerprint density at radius 1 is 0.815 bits per heavy atom. The molecule has 2 atom stereocenters. The van der Waals surface area contributed by atoms with Gasteiger partial charge < -0.3 is 0 Å². The van der Waals surface area contributed by atoms with Crippen LogP contribution in [-0.2, 0) is 10.0 Å². The van der Waals surface area contributed by atoms with Gasteiger partial charge in [0, 0.05) is 0 Å². The highest BCUT2D eigenvalue weighted by Gasteiger charge is 2.29. The van der Waals surface area contributed by atoms with Gasteiger partial charge in [0.05, 0.1) is 10.9 Å². The van der Waals surface area contributed by atoms with Crippen LogP contribution in [0.3, 0.4) is 0 Å². The Morgan fingerprint density at radius 2 is 1.33 bits per heavy atom. The summed E-state index contributed by atoms with van der Waals surface area (Å²) in [6.45, 7) is 1.90. The average molecular weight is 379 g/mol. The van der Waals surface area contributed by atoms with E-state index in [9.17, 15) is 8.42 Å². The van der Waals surface area contributed by atoms with E-state index in [0.717, 1.165) is 16.7 Å². The maximum atomic E-state index is 13.0. The summed E-state index contributed by atoms with van der Waals surface area (Å²) >= 11 is 0. The lowest BCUT2D eigenvalue weighted by Gasteiger charge is -2.25. The fraction of sp³-hybridized carbons (Fsp3) is 0.143. The van der Waals surface area contributed by atoms with Crippen LogP contribution < -0.4 is 4.72 Å². The molecular formula is C21H21N3O2S. The maximum Gasteiger partial charge on any atom is 0.241 e. The third kappa shape index (κ3) is 4.48. The van der Waals surface area contributed by atoms with E-state index in [1.807, 2.05) is 67.6 Å². The van der Waals surface area contributed by atoms with Crippen LogP contribution in [0.4, 0.5) is 0 Å². The van der Waals surface area contributed by atoms with Crippen LogP contribution in [0.15, 0.2) is 94.9 Å². The highest BCUT2D eigenvalue weighted by Crippen LogP contribution is 2.33. The number of nitrogens with zero attached hydrogens (tertiary/aromatic N) is 1. The molecule has 2 N–H and O–H groups in total. The molecule has 3 aromatic carbocycles. The van der Waals surface area contributed by atoms with E-state index < -0.39 is 22.1 Å². The van der Waals surface area contributed by atoms with Gasteiger partial charge in [-0.05, 0) is 30.2 Å². The largest absolute Gasteiger partial charge is 0.241 e. The number of rotatable bonds is 7. The van der Waals surface area contributed by atoms with Crippen molar-refractivity contribution in [3.8, 4) is 0 Å². The number of sulfonamides is 1. The number of aryl methyl sites for hydroxylation is 1. The third-order valence-corrected chi connectivity index (χ3v) is 5.83. The molecule has 0 heterocycles. The second-order valence-electron chi connectivity index (χ2n) is 6.31. The van der Waals surface area contributed by atoms with E-state index in [1.165, 1.54) is 0 Å². The van der Waals surface area contributed by atoms with Gasteiger partial charge in [-0.15, -0.1) is 0 Å². The van der Waals surface area contributed by atoms with Crippen molar-refractivity contribution in [3.63, 3.8) is 0 Å². The summed E-state index contributed by atoms with van der Waals surface area (Å²) in [5, 5.41) is 3.75. The monoisotopic (exact) mass is 379 g/mol. The van der Waals surface area contributed by atoms with Crippen molar-refractivity contribution in [1.82, 2.24) is 4.72 Å². The second kappa shape index (κ2) is 8.24. The minimum atomic E-state index is -3.78. The Bertz CT molecular complexity index is 989. The van der Waals surface area contributed by atoms with E-state index in [1.54, 1.807) is 24.3 Å². The molecule has 0 bridgehead atoms. The van der Waals surface area contributed by atoms with Crippen LogP contribution in [0, 0.1) is 12.5 Å². The van der Waals surface area contributed by atoms with Crippen LogP contribution in [0.1, 0.15) is 28.8 Å². The summed E-state index contributed by atoms with van der Waals surface area (Å²) in [5.41, 5.74) is 10.2. The van der Waals surface area contributed by atoms with Gasteiger partial charge in [-0.1, -0.05) is 78.4 Å². The van der Waals surface area contributed by atoms with Crippen LogP contribution in [0.25, 0.3) is 0 Å². The zero-order chi connectivity index (χ0) is 19.3. The van der Waals surface area contributed by atoms with Gasteiger partial charge in [0.2, 0.25) is 10.0 Å². The molecule has 5 nitrogen and oxygen atoms in total. The van der Waals surface area contributed by atoms with Gasteiger partial charge in [-0.3, -0.25) is 0 Å². The highest BCUT2D eigenvalue weighted by atomic mass is 32.2. The first-order valence-electron chi connectivity index (χ1n) is 8.57. The van der Waals surface area contributed by atoms with Crippen LogP contribution in [0.5, 0.6) is 0 Å². The van der Waals surface area contributed by atoms with Gasteiger partial charge in [0.25, 0.3) is 0 Å². The van der Waals surface area contributed by atoms with E-state index in [2.05, 4.69) is 9.84 Å². The predicted molar refractivity (Wildman–Crippen MR) is 105 cm³/mol. The lowest BCUT2D eigenvalue weighted by molar-refractivity contribution is 0.487. The Morgan fingerprint density at radius 3 is 1.85 bits per heavy atom. The van der Waals surface area contributed by atoms with E-state index in [0.29, 0.717) is 0 Å². The zero-order valence-electron chi connectivity index (χ0n) is 14.9. The molecule has 0 unspecified atom stereocenters. The van der Waals surface area contributed by atoms with Crippen molar-refractivity contribution in [2.24, 2.45) is 5.11 Å². The topological polar surface area (TPSA) is 82.4 Å². The minimum absolute atomic E-state index is 0.186. The molecular weight excluding hydrogens is 358 g/mol. The lowest BCUT2D eigenvalue weighted by atomic mass is 9.95. The molecule has 0 amide bonds. The molecule has 0 aliphatic carbocycles. The molecule has 3 rings (SSSR count). The van der Waals surface area contributed by atoms with E-state index in [4.69, 9.17) is 5.53 Å². The molecule has 6 heteroatoms. The van der Waals surface area contributed by atoms with Crippen LogP contribution in [0.2, 0.25) is 0 Å². The van der Waals surface area contributed by atoms with Gasteiger partial charge in [-0.2, -0.15) is 5.11 Å². The Balaban J connectivity index is 2.02. The summed E-state index contributed by atoms with van der Waals surface area (Å²) in [6, 6.07) is 23.8. The molecule has 3 aromatic rings. The molecule has 0 fully saturated rings.